The van der Waals surface area contributed by atoms with Crippen LogP contribution in [0, 0.1) is 0 Å². The third-order valence-corrected chi connectivity index (χ3v) is 4.36. The van der Waals surface area contributed by atoms with Crippen molar-refractivity contribution in [3.8, 4) is 11.5 Å². The number of aromatic amines is 1. The zero-order valence-corrected chi connectivity index (χ0v) is 14.4. The summed E-state index contributed by atoms with van der Waals surface area (Å²) in [5.41, 5.74) is 4.90. The molecule has 0 spiro atoms. The van der Waals surface area contributed by atoms with Gasteiger partial charge in [0, 0.05) is 17.3 Å². The fourth-order valence-corrected chi connectivity index (χ4v) is 2.98. The van der Waals surface area contributed by atoms with Gasteiger partial charge in [-0.1, -0.05) is 31.2 Å². The SMILES string of the molecule is CCc1ccc(C(c2ccc(OC)cc2)c2ccc(OC)cc2)[nH]1. The van der Waals surface area contributed by atoms with Crippen molar-refractivity contribution in [3.05, 3.63) is 83.2 Å². The third kappa shape index (κ3) is 3.30. The lowest BCUT2D eigenvalue weighted by molar-refractivity contribution is 0.414. The molecule has 2 aromatic carbocycles. The second-order valence-corrected chi connectivity index (χ2v) is 5.77. The number of rotatable bonds is 6. The molecule has 3 rings (SSSR count). The van der Waals surface area contributed by atoms with Gasteiger partial charge >= 0.3 is 0 Å². The summed E-state index contributed by atoms with van der Waals surface area (Å²) in [6.45, 7) is 2.16. The number of H-pyrrole nitrogens is 1. The second kappa shape index (κ2) is 7.26. The molecule has 1 N–H and O–H groups in total. The van der Waals surface area contributed by atoms with Crippen LogP contribution in [-0.2, 0) is 6.42 Å². The van der Waals surface area contributed by atoms with E-state index in [1.807, 2.05) is 24.3 Å². The Bertz CT molecular complexity index is 725. The topological polar surface area (TPSA) is 34.2 Å². The summed E-state index contributed by atoms with van der Waals surface area (Å²) in [7, 11) is 3.38. The Labute approximate surface area is 143 Å². The second-order valence-electron chi connectivity index (χ2n) is 5.77. The number of hydrogen-bond donors (Lipinski definition) is 1. The summed E-state index contributed by atoms with van der Waals surface area (Å²) in [5, 5.41) is 0. The molecule has 0 amide bonds. The number of nitrogens with one attached hydrogen (secondary N) is 1. The molecule has 1 aromatic heterocycles. The first-order chi connectivity index (χ1) is 11.7. The highest BCUT2D eigenvalue weighted by Gasteiger charge is 2.18. The average molecular weight is 321 g/mol. The minimum atomic E-state index is 0.155. The maximum Gasteiger partial charge on any atom is 0.118 e. The Morgan fingerprint density at radius 1 is 0.750 bits per heavy atom. The van der Waals surface area contributed by atoms with E-state index in [9.17, 15) is 0 Å². The van der Waals surface area contributed by atoms with Crippen LogP contribution in [0.1, 0.15) is 35.4 Å². The van der Waals surface area contributed by atoms with E-state index < -0.39 is 0 Å². The van der Waals surface area contributed by atoms with Crippen molar-refractivity contribution in [2.24, 2.45) is 0 Å². The van der Waals surface area contributed by atoms with Crippen molar-refractivity contribution in [2.45, 2.75) is 19.3 Å². The van der Waals surface area contributed by atoms with Gasteiger partial charge < -0.3 is 14.5 Å². The van der Waals surface area contributed by atoms with Crippen LogP contribution >= 0.6 is 0 Å². The van der Waals surface area contributed by atoms with Gasteiger partial charge in [-0.05, 0) is 53.9 Å². The first-order valence-electron chi connectivity index (χ1n) is 8.20. The molecular formula is C21H23NO2. The van der Waals surface area contributed by atoms with E-state index in [0.29, 0.717) is 0 Å². The fourth-order valence-electron chi connectivity index (χ4n) is 2.98. The number of hydrogen-bond acceptors (Lipinski definition) is 2. The third-order valence-electron chi connectivity index (χ3n) is 4.36. The van der Waals surface area contributed by atoms with Crippen LogP contribution < -0.4 is 9.47 Å². The number of aromatic nitrogens is 1. The smallest absolute Gasteiger partial charge is 0.118 e. The van der Waals surface area contributed by atoms with Gasteiger partial charge in [-0.3, -0.25) is 0 Å². The summed E-state index contributed by atoms with van der Waals surface area (Å²) in [4.78, 5) is 3.55. The van der Waals surface area contributed by atoms with Crippen LogP contribution in [0.2, 0.25) is 0 Å². The van der Waals surface area contributed by atoms with Crippen LogP contribution in [0.3, 0.4) is 0 Å². The van der Waals surface area contributed by atoms with Gasteiger partial charge in [-0.15, -0.1) is 0 Å². The molecule has 0 aliphatic rings. The van der Waals surface area contributed by atoms with Crippen molar-refractivity contribution < 1.29 is 9.47 Å². The van der Waals surface area contributed by atoms with Gasteiger partial charge in [0.2, 0.25) is 0 Å². The van der Waals surface area contributed by atoms with E-state index in [-0.39, 0.29) is 5.92 Å². The van der Waals surface area contributed by atoms with E-state index >= 15 is 0 Å². The van der Waals surface area contributed by atoms with E-state index in [1.165, 1.54) is 22.5 Å². The van der Waals surface area contributed by atoms with Crippen molar-refractivity contribution in [2.75, 3.05) is 14.2 Å². The van der Waals surface area contributed by atoms with Crippen LogP contribution in [0.4, 0.5) is 0 Å². The largest absolute Gasteiger partial charge is 0.497 e. The molecule has 0 aliphatic heterocycles. The molecule has 24 heavy (non-hydrogen) atoms. The highest BCUT2D eigenvalue weighted by atomic mass is 16.5. The number of ether oxygens (including phenoxy) is 2. The number of aryl methyl sites for hydroxylation is 1. The number of methoxy groups -OCH3 is 2. The Morgan fingerprint density at radius 2 is 1.25 bits per heavy atom. The molecule has 0 saturated carbocycles. The highest BCUT2D eigenvalue weighted by Crippen LogP contribution is 2.33. The highest BCUT2D eigenvalue weighted by molar-refractivity contribution is 5.44. The van der Waals surface area contributed by atoms with Gasteiger partial charge in [0.1, 0.15) is 11.5 Å². The van der Waals surface area contributed by atoms with Gasteiger partial charge in [0.05, 0.1) is 14.2 Å². The van der Waals surface area contributed by atoms with Crippen LogP contribution in [0.15, 0.2) is 60.7 Å². The summed E-state index contributed by atoms with van der Waals surface area (Å²) in [5.74, 6) is 1.89. The van der Waals surface area contributed by atoms with Crippen molar-refractivity contribution >= 4 is 0 Å². The van der Waals surface area contributed by atoms with Gasteiger partial charge in [-0.25, -0.2) is 0 Å². The quantitative estimate of drug-likeness (QED) is 0.709. The molecule has 0 unspecified atom stereocenters. The lowest BCUT2D eigenvalue weighted by Gasteiger charge is -2.18. The van der Waals surface area contributed by atoms with E-state index in [1.54, 1.807) is 14.2 Å². The standard InChI is InChI=1S/C21H23NO2/c1-4-17-9-14-20(22-17)21(15-5-10-18(23-2)11-6-15)16-7-12-19(24-3)13-8-16/h5-14,21-22H,4H2,1-3H3. The Morgan fingerprint density at radius 3 is 1.62 bits per heavy atom. The maximum atomic E-state index is 5.29. The summed E-state index contributed by atoms with van der Waals surface area (Å²) < 4.78 is 10.6. The van der Waals surface area contributed by atoms with Gasteiger partial charge in [-0.2, -0.15) is 0 Å². The maximum absolute atomic E-state index is 5.29. The minimum Gasteiger partial charge on any atom is -0.497 e. The molecule has 3 aromatic rings. The molecule has 1 heterocycles. The Kier molecular flexibility index (Phi) is 4.90. The van der Waals surface area contributed by atoms with Crippen LogP contribution in [0.25, 0.3) is 0 Å². The molecule has 0 atom stereocenters. The van der Waals surface area contributed by atoms with E-state index in [4.69, 9.17) is 9.47 Å². The molecule has 0 saturated heterocycles. The molecule has 0 radical (unpaired) electrons. The first-order valence-corrected chi connectivity index (χ1v) is 8.20. The van der Waals surface area contributed by atoms with Crippen molar-refractivity contribution in [3.63, 3.8) is 0 Å². The zero-order valence-electron chi connectivity index (χ0n) is 14.4. The monoisotopic (exact) mass is 321 g/mol. The van der Waals surface area contributed by atoms with Crippen molar-refractivity contribution in [1.82, 2.24) is 4.98 Å². The minimum absolute atomic E-state index is 0.155. The summed E-state index contributed by atoms with van der Waals surface area (Å²) in [6.07, 6.45) is 0.998. The number of benzene rings is 2. The Hall–Kier alpha value is -2.68. The molecule has 3 heteroatoms. The zero-order chi connectivity index (χ0) is 16.9. The van der Waals surface area contributed by atoms with Crippen LogP contribution in [-0.4, -0.2) is 19.2 Å². The van der Waals surface area contributed by atoms with Gasteiger partial charge in [0.15, 0.2) is 0 Å². The predicted octanol–water partition coefficient (Wildman–Crippen LogP) is 4.77. The fraction of sp³-hybridized carbons (Fsp3) is 0.238. The molecule has 3 nitrogen and oxygen atoms in total. The molecule has 0 bridgehead atoms. The lowest BCUT2D eigenvalue weighted by atomic mass is 9.88. The summed E-state index contributed by atoms with van der Waals surface area (Å²) >= 11 is 0. The molecule has 124 valence electrons. The normalized spacial score (nSPS) is 10.8. The molecule has 0 aliphatic carbocycles. The van der Waals surface area contributed by atoms with Crippen LogP contribution in [0.5, 0.6) is 11.5 Å². The van der Waals surface area contributed by atoms with Crippen molar-refractivity contribution in [1.29, 1.82) is 0 Å². The van der Waals surface area contributed by atoms with E-state index in [2.05, 4.69) is 48.3 Å². The average Bonchev–Trinajstić information content (AvgIpc) is 3.12. The lowest BCUT2D eigenvalue weighted by Crippen LogP contribution is -2.04. The first kappa shape index (κ1) is 16.2. The van der Waals surface area contributed by atoms with Gasteiger partial charge in [0.25, 0.3) is 0 Å². The Balaban J connectivity index is 2.04. The predicted molar refractivity (Wildman–Crippen MR) is 97.1 cm³/mol. The molecular weight excluding hydrogens is 298 g/mol. The van der Waals surface area contributed by atoms with E-state index in [0.717, 1.165) is 17.9 Å². The molecule has 0 fully saturated rings. The summed E-state index contributed by atoms with van der Waals surface area (Å²) in [6, 6.07) is 20.9.